The van der Waals surface area contributed by atoms with E-state index in [9.17, 15) is 4.79 Å². The van der Waals surface area contributed by atoms with Crippen molar-refractivity contribution in [1.82, 2.24) is 25.4 Å². The summed E-state index contributed by atoms with van der Waals surface area (Å²) >= 11 is 0. The highest BCUT2D eigenvalue weighted by atomic mass is 16.5. The number of ether oxygens (including phenoxy) is 1. The van der Waals surface area contributed by atoms with Gasteiger partial charge in [0.05, 0.1) is 29.2 Å². The second-order valence-electron chi connectivity index (χ2n) is 7.32. The molecule has 1 aliphatic rings. The van der Waals surface area contributed by atoms with Gasteiger partial charge in [-0.15, -0.1) is 5.10 Å². The number of anilines is 1. The van der Waals surface area contributed by atoms with Gasteiger partial charge in [-0.05, 0) is 50.1 Å². The van der Waals surface area contributed by atoms with E-state index in [2.05, 4.69) is 27.2 Å². The molecule has 4 aromatic rings. The zero-order valence-corrected chi connectivity index (χ0v) is 16.2. The average molecular weight is 388 g/mol. The quantitative estimate of drug-likeness (QED) is 0.538. The van der Waals surface area contributed by atoms with Crippen LogP contribution in [0, 0.1) is 0 Å². The summed E-state index contributed by atoms with van der Waals surface area (Å²) in [6.07, 6.45) is 2.23. The van der Waals surface area contributed by atoms with E-state index in [1.807, 2.05) is 24.3 Å². The van der Waals surface area contributed by atoms with E-state index in [1.165, 1.54) is 7.11 Å². The Hall–Kier alpha value is -3.55. The first-order valence-electron chi connectivity index (χ1n) is 9.62. The summed E-state index contributed by atoms with van der Waals surface area (Å²) in [7, 11) is 1.37. The predicted octanol–water partition coefficient (Wildman–Crippen LogP) is 3.34. The fraction of sp³-hybridized carbons (Fsp3) is 0.286. The van der Waals surface area contributed by atoms with Gasteiger partial charge in [0.15, 0.2) is 5.82 Å². The molecular formula is C21H20N6O2. The van der Waals surface area contributed by atoms with Crippen molar-refractivity contribution in [3.63, 3.8) is 0 Å². The van der Waals surface area contributed by atoms with Crippen LogP contribution in [0.4, 0.5) is 5.82 Å². The molecule has 1 atom stereocenters. The van der Waals surface area contributed by atoms with E-state index < -0.39 is 0 Å². The summed E-state index contributed by atoms with van der Waals surface area (Å²) in [5.41, 5.74) is 5.27. The van der Waals surface area contributed by atoms with Crippen molar-refractivity contribution in [2.75, 3.05) is 18.6 Å². The van der Waals surface area contributed by atoms with Gasteiger partial charge >= 0.3 is 5.97 Å². The minimum atomic E-state index is -0.384. The molecule has 0 saturated carbocycles. The van der Waals surface area contributed by atoms with Crippen molar-refractivity contribution in [2.45, 2.75) is 25.8 Å². The van der Waals surface area contributed by atoms with Gasteiger partial charge in [0.25, 0.3) is 0 Å². The van der Waals surface area contributed by atoms with Crippen LogP contribution in [0.25, 0.3) is 33.3 Å². The van der Waals surface area contributed by atoms with Crippen molar-refractivity contribution >= 4 is 33.9 Å². The molecular weight excluding hydrogens is 368 g/mol. The van der Waals surface area contributed by atoms with Crippen LogP contribution >= 0.6 is 0 Å². The molecule has 29 heavy (non-hydrogen) atoms. The fourth-order valence-electron chi connectivity index (χ4n) is 3.92. The van der Waals surface area contributed by atoms with Crippen LogP contribution in [0.3, 0.4) is 0 Å². The van der Waals surface area contributed by atoms with Gasteiger partial charge < -0.3 is 9.64 Å². The normalized spacial score (nSPS) is 16.6. The fourth-order valence-corrected chi connectivity index (χ4v) is 3.92. The molecule has 0 aliphatic carbocycles. The van der Waals surface area contributed by atoms with Gasteiger partial charge in [-0.2, -0.15) is 0 Å². The Bertz CT molecular complexity index is 1230. The number of H-pyrrole nitrogens is 1. The van der Waals surface area contributed by atoms with E-state index in [0.717, 1.165) is 53.0 Å². The molecule has 0 spiro atoms. The Morgan fingerprint density at radius 2 is 2.03 bits per heavy atom. The summed E-state index contributed by atoms with van der Waals surface area (Å²) in [5, 5.41) is 10.9. The number of nitrogens with one attached hydrogen (secondary N) is 1. The summed E-state index contributed by atoms with van der Waals surface area (Å²) in [6.45, 7) is 3.13. The molecule has 8 nitrogen and oxygen atoms in total. The highest BCUT2D eigenvalue weighted by Gasteiger charge is 2.26. The smallest absolute Gasteiger partial charge is 0.337 e. The number of carbonyl (C=O) groups is 1. The van der Waals surface area contributed by atoms with Gasteiger partial charge in [0, 0.05) is 18.2 Å². The third-order valence-corrected chi connectivity index (χ3v) is 5.49. The molecule has 1 fully saturated rings. The first-order valence-corrected chi connectivity index (χ1v) is 9.62. The molecule has 1 aliphatic heterocycles. The summed E-state index contributed by atoms with van der Waals surface area (Å²) in [5.74, 6) is 0.442. The van der Waals surface area contributed by atoms with Gasteiger partial charge in [0.1, 0.15) is 11.2 Å². The van der Waals surface area contributed by atoms with Crippen molar-refractivity contribution < 1.29 is 9.53 Å². The van der Waals surface area contributed by atoms with Crippen LogP contribution < -0.4 is 4.90 Å². The zero-order chi connectivity index (χ0) is 20.0. The lowest BCUT2D eigenvalue weighted by atomic mass is 10.1. The molecule has 146 valence electrons. The van der Waals surface area contributed by atoms with E-state index in [-0.39, 0.29) is 5.97 Å². The highest BCUT2D eigenvalue weighted by Crippen LogP contribution is 2.34. The Morgan fingerprint density at radius 3 is 2.83 bits per heavy atom. The van der Waals surface area contributed by atoms with Gasteiger partial charge in [-0.3, -0.25) is 5.10 Å². The standard InChI is InChI=1S/C21H20N6O2/c1-12-4-3-9-27(12)20-19(13-5-8-16-18(10-13)25-26-24-16)22-15-7-6-14(21(28)29-2)11-17(15)23-20/h5-8,10-12H,3-4,9H2,1-2H3,(H,24,25,26). The van der Waals surface area contributed by atoms with Crippen LogP contribution in [0.2, 0.25) is 0 Å². The maximum atomic E-state index is 11.9. The molecule has 2 aromatic carbocycles. The van der Waals surface area contributed by atoms with Crippen LogP contribution in [-0.4, -0.2) is 51.0 Å². The largest absolute Gasteiger partial charge is 0.465 e. The molecule has 5 rings (SSSR count). The number of aromatic amines is 1. The van der Waals surface area contributed by atoms with Crippen molar-refractivity contribution in [2.24, 2.45) is 0 Å². The lowest BCUT2D eigenvalue weighted by Gasteiger charge is -2.25. The Balaban J connectivity index is 1.73. The maximum absolute atomic E-state index is 11.9. The SMILES string of the molecule is COC(=O)c1ccc2nc(-c3ccc4[nH]nnc4c3)c(N3CCCC3C)nc2c1. The second-order valence-corrected chi connectivity index (χ2v) is 7.32. The molecule has 8 heteroatoms. The number of hydrogen-bond donors (Lipinski definition) is 1. The predicted molar refractivity (Wildman–Crippen MR) is 110 cm³/mol. The molecule has 2 aromatic heterocycles. The number of carbonyl (C=O) groups excluding carboxylic acids is 1. The molecule has 1 N–H and O–H groups in total. The topological polar surface area (TPSA) is 96.9 Å². The third kappa shape index (κ3) is 2.97. The number of hydrogen-bond acceptors (Lipinski definition) is 7. The van der Waals surface area contributed by atoms with E-state index in [0.29, 0.717) is 17.1 Å². The monoisotopic (exact) mass is 388 g/mol. The van der Waals surface area contributed by atoms with Crippen molar-refractivity contribution in [3.05, 3.63) is 42.0 Å². The molecule has 0 radical (unpaired) electrons. The van der Waals surface area contributed by atoms with Crippen LogP contribution in [-0.2, 0) is 4.74 Å². The van der Waals surface area contributed by atoms with Gasteiger partial charge in [0.2, 0.25) is 0 Å². The zero-order valence-electron chi connectivity index (χ0n) is 16.2. The maximum Gasteiger partial charge on any atom is 0.337 e. The van der Waals surface area contributed by atoms with Crippen LogP contribution in [0.5, 0.6) is 0 Å². The van der Waals surface area contributed by atoms with Gasteiger partial charge in [-0.1, -0.05) is 11.3 Å². The Kier molecular flexibility index (Phi) is 4.12. The van der Waals surface area contributed by atoms with Crippen LogP contribution in [0.1, 0.15) is 30.1 Å². The minimum Gasteiger partial charge on any atom is -0.465 e. The number of nitrogens with zero attached hydrogens (tertiary/aromatic N) is 5. The summed E-state index contributed by atoms with van der Waals surface area (Å²) in [6, 6.07) is 11.6. The van der Waals surface area contributed by atoms with Gasteiger partial charge in [-0.25, -0.2) is 14.8 Å². The lowest BCUT2D eigenvalue weighted by Crippen LogP contribution is -2.28. The third-order valence-electron chi connectivity index (χ3n) is 5.49. The number of benzene rings is 2. The Labute approximate surface area is 166 Å². The number of fused-ring (bicyclic) bond motifs is 2. The number of aromatic nitrogens is 5. The summed E-state index contributed by atoms with van der Waals surface area (Å²) < 4.78 is 4.85. The summed E-state index contributed by atoms with van der Waals surface area (Å²) in [4.78, 5) is 24.1. The molecule has 1 unspecified atom stereocenters. The molecule has 3 heterocycles. The Morgan fingerprint density at radius 1 is 1.14 bits per heavy atom. The number of rotatable bonds is 3. The van der Waals surface area contributed by atoms with E-state index >= 15 is 0 Å². The van der Waals surface area contributed by atoms with E-state index in [4.69, 9.17) is 14.7 Å². The molecule has 0 amide bonds. The van der Waals surface area contributed by atoms with Crippen molar-refractivity contribution in [1.29, 1.82) is 0 Å². The second kappa shape index (κ2) is 6.80. The highest BCUT2D eigenvalue weighted by molar-refractivity contribution is 5.95. The number of methoxy groups -OCH3 is 1. The minimum absolute atomic E-state index is 0.375. The molecule has 1 saturated heterocycles. The first kappa shape index (κ1) is 17.5. The average Bonchev–Trinajstić information content (AvgIpc) is 3.39. The van der Waals surface area contributed by atoms with Crippen LogP contribution in [0.15, 0.2) is 36.4 Å². The van der Waals surface area contributed by atoms with Crippen molar-refractivity contribution in [3.8, 4) is 11.3 Å². The number of esters is 1. The molecule has 0 bridgehead atoms. The van der Waals surface area contributed by atoms with E-state index in [1.54, 1.807) is 12.1 Å². The lowest BCUT2D eigenvalue weighted by molar-refractivity contribution is 0.0601. The first-order chi connectivity index (χ1) is 14.1.